The largest absolute Gasteiger partial charge is 0.466 e. The highest BCUT2D eigenvalue weighted by Gasteiger charge is 2.47. The van der Waals surface area contributed by atoms with E-state index in [1.807, 2.05) is 22.9 Å². The lowest BCUT2D eigenvalue weighted by atomic mass is 10.0. The molecule has 1 aliphatic heterocycles. The highest BCUT2D eigenvalue weighted by Crippen LogP contribution is 2.33. The van der Waals surface area contributed by atoms with E-state index in [9.17, 15) is 9.59 Å². The Morgan fingerprint density at radius 1 is 1.19 bits per heavy atom. The van der Waals surface area contributed by atoms with Crippen molar-refractivity contribution in [2.45, 2.75) is 12.5 Å². The number of nitrogens with zero attached hydrogens (tertiary/aromatic N) is 2. The van der Waals surface area contributed by atoms with Crippen LogP contribution in [-0.4, -0.2) is 27.0 Å². The minimum Gasteiger partial charge on any atom is -0.466 e. The van der Waals surface area contributed by atoms with Crippen molar-refractivity contribution >= 4 is 23.2 Å². The van der Waals surface area contributed by atoms with E-state index in [2.05, 4.69) is 15.6 Å². The Hall–Kier alpha value is -3.61. The van der Waals surface area contributed by atoms with Crippen molar-refractivity contribution in [3.63, 3.8) is 0 Å². The summed E-state index contributed by atoms with van der Waals surface area (Å²) in [5.41, 5.74) is 0.368. The van der Waals surface area contributed by atoms with Crippen LogP contribution in [0.4, 0.5) is 11.4 Å². The molecule has 0 saturated heterocycles. The molecule has 2 amide bonds. The number of aromatic nitrogens is 2. The number of rotatable bonds is 3. The predicted molar refractivity (Wildman–Crippen MR) is 96.3 cm³/mol. The first-order valence-electron chi connectivity index (χ1n) is 8.05. The number of benzene rings is 2. The van der Waals surface area contributed by atoms with E-state index in [0.29, 0.717) is 17.1 Å². The molecule has 2 heterocycles. The second-order valence-electron chi connectivity index (χ2n) is 6.06. The first kappa shape index (κ1) is 15.9. The van der Waals surface area contributed by atoms with Crippen molar-refractivity contribution in [2.75, 3.05) is 10.6 Å². The lowest BCUT2D eigenvalue weighted by Crippen LogP contribution is -2.56. The molecule has 26 heavy (non-hydrogen) atoms. The van der Waals surface area contributed by atoms with Gasteiger partial charge in [0, 0.05) is 23.8 Å². The number of carbonyl (C=O) groups excluding carboxylic acids is 2. The van der Waals surface area contributed by atoms with E-state index in [-0.39, 0.29) is 0 Å². The zero-order chi connectivity index (χ0) is 18.1. The fraction of sp³-hybridized carbons (Fsp3) is 0.105. The number of nitrogens with one attached hydrogen (secondary N) is 2. The van der Waals surface area contributed by atoms with Crippen LogP contribution in [0, 0.1) is 0 Å². The van der Waals surface area contributed by atoms with Crippen molar-refractivity contribution in [2.24, 2.45) is 0 Å². The summed E-state index contributed by atoms with van der Waals surface area (Å²) in [6.45, 7) is 1.45. The maximum atomic E-state index is 12.7. The molecule has 0 bridgehead atoms. The molecule has 3 aromatic rings. The number of para-hydroxylation sites is 2. The Bertz CT molecular complexity index is 967. The van der Waals surface area contributed by atoms with Crippen LogP contribution in [0.25, 0.3) is 5.69 Å². The van der Waals surface area contributed by atoms with E-state index >= 15 is 0 Å². The SMILES string of the molecule is CC1(C(=O)Nc2ccc(-n3ccnc3)cc2)Oc2ccccc2NC1=O. The summed E-state index contributed by atoms with van der Waals surface area (Å²) in [4.78, 5) is 29.1. The molecule has 2 N–H and O–H groups in total. The van der Waals surface area contributed by atoms with Gasteiger partial charge in [0.2, 0.25) is 0 Å². The quantitative estimate of drug-likeness (QED) is 0.713. The minimum absolute atomic E-state index is 0.459. The molecule has 0 aliphatic carbocycles. The Kier molecular flexibility index (Phi) is 3.69. The zero-order valence-corrected chi connectivity index (χ0v) is 14.0. The number of fused-ring (bicyclic) bond motifs is 1. The van der Waals surface area contributed by atoms with E-state index in [4.69, 9.17) is 4.74 Å². The number of hydrogen-bond donors (Lipinski definition) is 2. The van der Waals surface area contributed by atoms with Gasteiger partial charge >= 0.3 is 0 Å². The summed E-state index contributed by atoms with van der Waals surface area (Å²) in [5, 5.41) is 5.45. The minimum atomic E-state index is -1.66. The predicted octanol–water partition coefficient (Wildman–Crippen LogP) is 2.60. The molecule has 1 atom stereocenters. The van der Waals surface area contributed by atoms with Gasteiger partial charge < -0.3 is 19.9 Å². The molecular formula is C19H16N4O3. The molecule has 0 fully saturated rings. The van der Waals surface area contributed by atoms with Gasteiger partial charge in [0.05, 0.1) is 12.0 Å². The van der Waals surface area contributed by atoms with Gasteiger partial charge in [0.1, 0.15) is 5.75 Å². The third kappa shape index (κ3) is 2.69. The number of anilines is 2. The monoisotopic (exact) mass is 348 g/mol. The second kappa shape index (κ2) is 6.03. The molecule has 7 heteroatoms. The lowest BCUT2D eigenvalue weighted by Gasteiger charge is -2.33. The zero-order valence-electron chi connectivity index (χ0n) is 14.0. The van der Waals surface area contributed by atoms with Crippen LogP contribution in [0.2, 0.25) is 0 Å². The van der Waals surface area contributed by atoms with Gasteiger partial charge in [0.25, 0.3) is 17.4 Å². The normalized spacial score (nSPS) is 18.4. The number of amides is 2. The van der Waals surface area contributed by atoms with Crippen LogP contribution in [0.1, 0.15) is 6.92 Å². The van der Waals surface area contributed by atoms with E-state index in [1.165, 1.54) is 6.92 Å². The summed E-state index contributed by atoms with van der Waals surface area (Å²) >= 11 is 0. The third-order valence-corrected chi connectivity index (χ3v) is 4.24. The van der Waals surface area contributed by atoms with E-state index in [1.54, 1.807) is 48.9 Å². The maximum Gasteiger partial charge on any atom is 0.278 e. The van der Waals surface area contributed by atoms with Crippen molar-refractivity contribution in [3.05, 3.63) is 67.3 Å². The number of carbonyl (C=O) groups is 2. The molecule has 1 aliphatic rings. The summed E-state index contributed by atoms with van der Waals surface area (Å²) in [5.74, 6) is -0.594. The highest BCUT2D eigenvalue weighted by molar-refractivity contribution is 6.19. The molecular weight excluding hydrogens is 332 g/mol. The molecule has 7 nitrogen and oxygen atoms in total. The Balaban J connectivity index is 1.53. The number of ether oxygens (including phenoxy) is 1. The van der Waals surface area contributed by atoms with Gasteiger partial charge in [-0.05, 0) is 43.3 Å². The summed E-state index contributed by atoms with van der Waals surface area (Å²) < 4.78 is 7.56. The van der Waals surface area contributed by atoms with Gasteiger partial charge in [-0.1, -0.05) is 12.1 Å². The molecule has 0 radical (unpaired) electrons. The molecule has 2 aromatic carbocycles. The molecule has 0 spiro atoms. The van der Waals surface area contributed by atoms with Gasteiger partial charge in [0.15, 0.2) is 0 Å². The average molecular weight is 348 g/mol. The van der Waals surface area contributed by atoms with Gasteiger partial charge in [-0.2, -0.15) is 0 Å². The topological polar surface area (TPSA) is 85.2 Å². The van der Waals surface area contributed by atoms with Crippen LogP contribution < -0.4 is 15.4 Å². The van der Waals surface area contributed by atoms with E-state index in [0.717, 1.165) is 5.69 Å². The molecule has 4 rings (SSSR count). The van der Waals surface area contributed by atoms with Gasteiger partial charge in [-0.25, -0.2) is 4.98 Å². The van der Waals surface area contributed by atoms with Crippen molar-refractivity contribution < 1.29 is 14.3 Å². The fourth-order valence-electron chi connectivity index (χ4n) is 2.70. The van der Waals surface area contributed by atoms with Crippen LogP contribution >= 0.6 is 0 Å². The highest BCUT2D eigenvalue weighted by atomic mass is 16.5. The van der Waals surface area contributed by atoms with Crippen molar-refractivity contribution in [1.82, 2.24) is 9.55 Å². The maximum absolute atomic E-state index is 12.7. The van der Waals surface area contributed by atoms with Crippen LogP contribution in [0.3, 0.4) is 0 Å². The summed E-state index contributed by atoms with van der Waals surface area (Å²) in [6.07, 6.45) is 5.20. The number of imidazole rings is 1. The first-order valence-corrected chi connectivity index (χ1v) is 8.05. The van der Waals surface area contributed by atoms with Crippen LogP contribution in [-0.2, 0) is 9.59 Å². The van der Waals surface area contributed by atoms with Gasteiger partial charge in [-0.15, -0.1) is 0 Å². The Labute approximate surface area is 149 Å². The van der Waals surface area contributed by atoms with E-state index < -0.39 is 17.4 Å². The summed E-state index contributed by atoms with van der Waals surface area (Å²) in [6, 6.07) is 14.2. The second-order valence-corrected chi connectivity index (χ2v) is 6.06. The first-order chi connectivity index (χ1) is 12.6. The standard InChI is InChI=1S/C19H16N4O3/c1-19(18(25)22-15-4-2-3-5-16(15)26-19)17(24)21-13-6-8-14(9-7-13)23-11-10-20-12-23/h2-12H,1H3,(H,21,24)(H,22,25). The smallest absolute Gasteiger partial charge is 0.278 e. The van der Waals surface area contributed by atoms with Crippen LogP contribution in [0.15, 0.2) is 67.3 Å². The van der Waals surface area contributed by atoms with Crippen LogP contribution in [0.5, 0.6) is 5.75 Å². The van der Waals surface area contributed by atoms with Crippen molar-refractivity contribution in [1.29, 1.82) is 0 Å². The van der Waals surface area contributed by atoms with Gasteiger partial charge in [-0.3, -0.25) is 9.59 Å². The Morgan fingerprint density at radius 2 is 1.96 bits per heavy atom. The molecule has 130 valence electrons. The van der Waals surface area contributed by atoms with Crippen molar-refractivity contribution in [3.8, 4) is 11.4 Å². The fourth-order valence-corrected chi connectivity index (χ4v) is 2.70. The number of hydrogen-bond acceptors (Lipinski definition) is 4. The molecule has 0 saturated carbocycles. The lowest BCUT2D eigenvalue weighted by molar-refractivity contribution is -0.143. The summed E-state index contributed by atoms with van der Waals surface area (Å²) in [7, 11) is 0. The molecule has 1 aromatic heterocycles. The molecule has 1 unspecified atom stereocenters. The average Bonchev–Trinajstić information content (AvgIpc) is 3.18. The third-order valence-electron chi connectivity index (χ3n) is 4.24. The Morgan fingerprint density at radius 3 is 2.69 bits per heavy atom.